The van der Waals surface area contributed by atoms with Gasteiger partial charge in [-0.2, -0.15) is 0 Å². The smallest absolute Gasteiger partial charge is 0.146 e. The molecule has 102 valence electrons. The Bertz CT molecular complexity index is 160. The molecule has 0 fully saturated rings. The fraction of sp³-hybridized carbons (Fsp3) is 0.857. The zero-order valence-electron chi connectivity index (χ0n) is 11.1. The molecule has 0 spiro atoms. The first-order valence-corrected chi connectivity index (χ1v) is 7.31. The molecular weight excluding hydrogens is 236 g/mol. The summed E-state index contributed by atoms with van der Waals surface area (Å²) >= 11 is 5.61. The van der Waals surface area contributed by atoms with Crippen LogP contribution >= 0.6 is 11.6 Å². The number of ether oxygens (including phenoxy) is 2. The molecule has 0 aliphatic heterocycles. The molecule has 0 aromatic carbocycles. The maximum Gasteiger partial charge on any atom is 0.146 e. The van der Waals surface area contributed by atoms with Gasteiger partial charge in [-0.15, -0.1) is 11.6 Å². The second kappa shape index (κ2) is 16.0. The molecule has 0 heterocycles. The molecule has 0 saturated carbocycles. The number of unbranched alkanes of at least 4 members (excludes halogenated alkanes) is 4. The van der Waals surface area contributed by atoms with Crippen LogP contribution in [0.15, 0.2) is 12.2 Å². The van der Waals surface area contributed by atoms with Crippen molar-refractivity contribution < 1.29 is 9.47 Å². The summed E-state index contributed by atoms with van der Waals surface area (Å²) in [6.07, 6.45) is 12.6. The summed E-state index contributed by atoms with van der Waals surface area (Å²) in [6, 6.07) is 0. The van der Waals surface area contributed by atoms with E-state index < -0.39 is 0 Å². The minimum Gasteiger partial charge on any atom is -0.355 e. The Labute approximate surface area is 111 Å². The fourth-order valence-corrected chi connectivity index (χ4v) is 1.61. The van der Waals surface area contributed by atoms with Gasteiger partial charge in [-0.25, -0.2) is 0 Å². The van der Waals surface area contributed by atoms with Crippen LogP contribution in [0.5, 0.6) is 0 Å². The summed E-state index contributed by atoms with van der Waals surface area (Å²) in [7, 11) is 0. The Morgan fingerprint density at radius 2 is 1.59 bits per heavy atom. The van der Waals surface area contributed by atoms with Gasteiger partial charge in [0, 0.05) is 12.5 Å². The molecular formula is C14H27ClO2. The fourth-order valence-electron chi connectivity index (χ4n) is 1.42. The molecule has 0 aliphatic carbocycles. The van der Waals surface area contributed by atoms with E-state index in [0.29, 0.717) is 6.79 Å². The summed E-state index contributed by atoms with van der Waals surface area (Å²) in [5.74, 6) is 0.799. The first-order valence-electron chi connectivity index (χ1n) is 6.78. The second-order valence-electron chi connectivity index (χ2n) is 4.09. The number of hydrogen-bond donors (Lipinski definition) is 0. The lowest BCUT2D eigenvalue weighted by molar-refractivity contribution is -0.0519. The van der Waals surface area contributed by atoms with E-state index in [9.17, 15) is 0 Å². The van der Waals surface area contributed by atoms with Crippen molar-refractivity contribution in [3.63, 3.8) is 0 Å². The highest BCUT2D eigenvalue weighted by atomic mass is 35.5. The van der Waals surface area contributed by atoms with Crippen molar-refractivity contribution in [3.05, 3.63) is 12.2 Å². The lowest BCUT2D eigenvalue weighted by Crippen LogP contribution is -2.01. The summed E-state index contributed by atoms with van der Waals surface area (Å²) in [4.78, 5) is 0. The molecule has 0 atom stereocenters. The SMILES string of the molecule is CCCOCOCCC=CCCCCCCCl. The van der Waals surface area contributed by atoms with E-state index in [0.717, 1.165) is 38.4 Å². The number of allylic oxidation sites excluding steroid dienone is 1. The molecule has 0 aliphatic rings. The van der Waals surface area contributed by atoms with Crippen molar-refractivity contribution in [3.8, 4) is 0 Å². The Kier molecular flexibility index (Phi) is 15.9. The van der Waals surface area contributed by atoms with Gasteiger partial charge in [0.15, 0.2) is 0 Å². The van der Waals surface area contributed by atoms with Gasteiger partial charge in [-0.05, 0) is 32.1 Å². The van der Waals surface area contributed by atoms with Gasteiger partial charge < -0.3 is 9.47 Å². The summed E-state index contributed by atoms with van der Waals surface area (Å²) in [5.41, 5.74) is 0. The Hall–Kier alpha value is -0.0500. The molecule has 0 rings (SSSR count). The second-order valence-corrected chi connectivity index (χ2v) is 4.46. The van der Waals surface area contributed by atoms with Gasteiger partial charge in [0.2, 0.25) is 0 Å². The number of rotatable bonds is 13. The van der Waals surface area contributed by atoms with Crippen molar-refractivity contribution in [2.24, 2.45) is 0 Å². The molecule has 0 unspecified atom stereocenters. The maximum atomic E-state index is 5.61. The molecule has 0 saturated heterocycles. The number of hydrogen-bond acceptors (Lipinski definition) is 2. The Morgan fingerprint density at radius 1 is 0.882 bits per heavy atom. The van der Waals surface area contributed by atoms with Gasteiger partial charge in [-0.1, -0.05) is 31.9 Å². The molecule has 0 aromatic heterocycles. The highest BCUT2D eigenvalue weighted by Gasteiger charge is 1.88. The maximum absolute atomic E-state index is 5.61. The Morgan fingerprint density at radius 3 is 2.35 bits per heavy atom. The third kappa shape index (κ3) is 15.9. The highest BCUT2D eigenvalue weighted by Crippen LogP contribution is 2.04. The first kappa shape index (κ1) is 16.9. The quantitative estimate of drug-likeness (QED) is 0.210. The lowest BCUT2D eigenvalue weighted by Gasteiger charge is -2.02. The average Bonchev–Trinajstić information content (AvgIpc) is 2.35. The van der Waals surface area contributed by atoms with Gasteiger partial charge >= 0.3 is 0 Å². The number of alkyl halides is 1. The predicted octanol–water partition coefficient (Wildman–Crippen LogP) is 4.52. The molecule has 17 heavy (non-hydrogen) atoms. The molecule has 0 N–H and O–H groups in total. The van der Waals surface area contributed by atoms with E-state index in [1.54, 1.807) is 0 Å². The predicted molar refractivity (Wildman–Crippen MR) is 74.6 cm³/mol. The standard InChI is InChI=1S/C14H27ClO2/c1-2-12-16-14-17-13-10-8-6-4-3-5-7-9-11-15/h6,8H,2-5,7,9-14H2,1H3. The average molecular weight is 263 g/mol. The van der Waals surface area contributed by atoms with Crippen molar-refractivity contribution in [2.45, 2.75) is 51.9 Å². The van der Waals surface area contributed by atoms with Crippen LogP contribution < -0.4 is 0 Å². The molecule has 0 amide bonds. The van der Waals surface area contributed by atoms with Crippen LogP contribution in [0, 0.1) is 0 Å². The first-order chi connectivity index (χ1) is 8.41. The highest BCUT2D eigenvalue weighted by molar-refractivity contribution is 6.17. The van der Waals surface area contributed by atoms with Gasteiger partial charge in [0.05, 0.1) is 6.61 Å². The van der Waals surface area contributed by atoms with Gasteiger partial charge in [-0.3, -0.25) is 0 Å². The van der Waals surface area contributed by atoms with E-state index in [-0.39, 0.29) is 0 Å². The topological polar surface area (TPSA) is 18.5 Å². The van der Waals surface area contributed by atoms with Crippen molar-refractivity contribution >= 4 is 11.6 Å². The molecule has 0 radical (unpaired) electrons. The van der Waals surface area contributed by atoms with Crippen LogP contribution in [-0.4, -0.2) is 25.9 Å². The van der Waals surface area contributed by atoms with E-state index in [2.05, 4.69) is 19.1 Å². The van der Waals surface area contributed by atoms with Crippen molar-refractivity contribution in [1.82, 2.24) is 0 Å². The summed E-state index contributed by atoms with van der Waals surface area (Å²) in [5, 5.41) is 0. The van der Waals surface area contributed by atoms with Crippen LogP contribution in [0.3, 0.4) is 0 Å². The third-order valence-corrected chi connectivity index (χ3v) is 2.63. The molecule has 0 aromatic rings. The minimum absolute atomic E-state index is 0.431. The number of halogens is 1. The summed E-state index contributed by atoms with van der Waals surface area (Å²) < 4.78 is 10.5. The largest absolute Gasteiger partial charge is 0.355 e. The zero-order chi connectivity index (χ0) is 12.6. The molecule has 2 nitrogen and oxygen atoms in total. The molecule has 3 heteroatoms. The van der Waals surface area contributed by atoms with Gasteiger partial charge in [0.25, 0.3) is 0 Å². The van der Waals surface area contributed by atoms with Crippen LogP contribution in [0.25, 0.3) is 0 Å². The van der Waals surface area contributed by atoms with E-state index >= 15 is 0 Å². The zero-order valence-corrected chi connectivity index (χ0v) is 11.9. The van der Waals surface area contributed by atoms with E-state index in [1.165, 1.54) is 25.7 Å². The van der Waals surface area contributed by atoms with E-state index in [1.807, 2.05) is 0 Å². The third-order valence-electron chi connectivity index (χ3n) is 2.37. The normalized spacial score (nSPS) is 11.4. The molecule has 0 bridgehead atoms. The van der Waals surface area contributed by atoms with Crippen molar-refractivity contribution in [1.29, 1.82) is 0 Å². The van der Waals surface area contributed by atoms with Crippen LogP contribution in [0.1, 0.15) is 51.9 Å². The van der Waals surface area contributed by atoms with Crippen molar-refractivity contribution in [2.75, 3.05) is 25.9 Å². The minimum atomic E-state index is 0.431. The Balaban J connectivity index is 2.99. The monoisotopic (exact) mass is 262 g/mol. The van der Waals surface area contributed by atoms with Crippen LogP contribution in [0.4, 0.5) is 0 Å². The van der Waals surface area contributed by atoms with Gasteiger partial charge in [0.1, 0.15) is 6.79 Å². The van der Waals surface area contributed by atoms with Crippen LogP contribution in [0.2, 0.25) is 0 Å². The van der Waals surface area contributed by atoms with Crippen LogP contribution in [-0.2, 0) is 9.47 Å². The lowest BCUT2D eigenvalue weighted by atomic mass is 10.1. The van der Waals surface area contributed by atoms with E-state index in [4.69, 9.17) is 21.1 Å². The summed E-state index contributed by atoms with van der Waals surface area (Å²) in [6.45, 7) is 4.07.